The summed E-state index contributed by atoms with van der Waals surface area (Å²) in [7, 11) is 1.84. The van der Waals surface area contributed by atoms with E-state index in [4.69, 9.17) is 10.7 Å². The number of hydrogen-bond acceptors (Lipinski definition) is 2. The van der Waals surface area contributed by atoms with Crippen LogP contribution in [-0.2, 0) is 20.9 Å². The Morgan fingerprint density at radius 3 is 2.00 bits per heavy atom. The summed E-state index contributed by atoms with van der Waals surface area (Å²) in [6, 6.07) is 8.03. The van der Waals surface area contributed by atoms with E-state index in [1.807, 2.05) is 24.3 Å². The van der Waals surface area contributed by atoms with Crippen LogP contribution in [0, 0.1) is 0 Å². The van der Waals surface area contributed by atoms with Crippen LogP contribution in [0.2, 0.25) is 0 Å². The van der Waals surface area contributed by atoms with Gasteiger partial charge in [0.15, 0.2) is 0 Å². The van der Waals surface area contributed by atoms with Crippen molar-refractivity contribution in [2.45, 2.75) is 44.8 Å². The van der Waals surface area contributed by atoms with Crippen molar-refractivity contribution in [3.8, 4) is 0 Å². The molecule has 0 N–H and O–H groups in total. The third kappa shape index (κ3) is 4.32. The van der Waals surface area contributed by atoms with Crippen LogP contribution in [0.15, 0.2) is 24.3 Å². The van der Waals surface area contributed by atoms with Crippen molar-refractivity contribution in [2.75, 3.05) is 0 Å². The quantitative estimate of drug-likeness (QED) is 0.791. The van der Waals surface area contributed by atoms with Gasteiger partial charge in [-0.2, -0.15) is 0 Å². The Morgan fingerprint density at radius 1 is 1.18 bits per heavy atom. The van der Waals surface area contributed by atoms with Crippen LogP contribution in [0.25, 0.3) is 0 Å². The van der Waals surface area contributed by atoms with Crippen LogP contribution in [-0.4, -0.2) is 13.7 Å². The monoisotopic (exact) mass is 274 g/mol. The Morgan fingerprint density at radius 2 is 1.65 bits per heavy atom. The number of benzene rings is 1. The van der Waals surface area contributed by atoms with Gasteiger partial charge in [0.25, 0.3) is 0 Å². The molecular weight excluding hydrogens is 256 g/mol. The standard InChI is InChI=1S/C13H19ClO2S/c1-10(17(14,15)16)9-11-5-7-12(8-6-11)13(2,3)4/h5-8,10H,9H2,1-4H3. The average molecular weight is 275 g/mol. The van der Waals surface area contributed by atoms with Crippen molar-refractivity contribution in [1.29, 1.82) is 0 Å². The van der Waals surface area contributed by atoms with Crippen molar-refractivity contribution in [2.24, 2.45) is 0 Å². The summed E-state index contributed by atoms with van der Waals surface area (Å²) in [4.78, 5) is 0. The molecule has 0 heterocycles. The van der Waals surface area contributed by atoms with E-state index in [2.05, 4.69) is 20.8 Å². The zero-order valence-electron chi connectivity index (χ0n) is 10.7. The van der Waals surface area contributed by atoms with Gasteiger partial charge in [0.1, 0.15) is 0 Å². The highest BCUT2D eigenvalue weighted by Crippen LogP contribution is 2.23. The molecule has 2 nitrogen and oxygen atoms in total. The fourth-order valence-electron chi connectivity index (χ4n) is 1.57. The van der Waals surface area contributed by atoms with Crippen molar-refractivity contribution >= 4 is 19.7 Å². The predicted molar refractivity (Wildman–Crippen MR) is 73.1 cm³/mol. The van der Waals surface area contributed by atoms with Crippen molar-refractivity contribution < 1.29 is 8.42 Å². The molecule has 1 aromatic carbocycles. The summed E-state index contributed by atoms with van der Waals surface area (Å²) in [6.07, 6.45) is 0.455. The molecule has 1 atom stereocenters. The normalized spacial score (nSPS) is 14.6. The maximum atomic E-state index is 11.1. The second-order valence-corrected chi connectivity index (χ2v) is 8.48. The highest BCUT2D eigenvalue weighted by molar-refractivity contribution is 8.14. The molecule has 0 spiro atoms. The molecule has 0 radical (unpaired) electrons. The van der Waals surface area contributed by atoms with Crippen molar-refractivity contribution in [3.05, 3.63) is 35.4 Å². The fourth-order valence-corrected chi connectivity index (χ4v) is 2.15. The second-order valence-electron chi connectivity index (χ2n) is 5.44. The van der Waals surface area contributed by atoms with E-state index >= 15 is 0 Å². The van der Waals surface area contributed by atoms with Gasteiger partial charge in [-0.05, 0) is 29.9 Å². The van der Waals surface area contributed by atoms with E-state index in [1.54, 1.807) is 6.92 Å². The first-order valence-corrected chi connectivity index (χ1v) is 8.01. The summed E-state index contributed by atoms with van der Waals surface area (Å²) in [5.74, 6) is 0. The summed E-state index contributed by atoms with van der Waals surface area (Å²) in [5.41, 5.74) is 2.35. The molecule has 1 aromatic rings. The molecule has 4 heteroatoms. The highest BCUT2D eigenvalue weighted by Gasteiger charge is 2.18. The molecule has 0 aromatic heterocycles. The first kappa shape index (κ1) is 14.5. The van der Waals surface area contributed by atoms with Crippen LogP contribution in [0.4, 0.5) is 0 Å². The summed E-state index contributed by atoms with van der Waals surface area (Å²) < 4.78 is 22.3. The lowest BCUT2D eigenvalue weighted by Crippen LogP contribution is -2.15. The molecule has 17 heavy (non-hydrogen) atoms. The van der Waals surface area contributed by atoms with Crippen LogP contribution in [0.1, 0.15) is 38.8 Å². The topological polar surface area (TPSA) is 34.1 Å². The van der Waals surface area contributed by atoms with Gasteiger partial charge in [0.2, 0.25) is 9.05 Å². The van der Waals surface area contributed by atoms with Crippen LogP contribution >= 0.6 is 10.7 Å². The highest BCUT2D eigenvalue weighted by atomic mass is 35.7. The molecule has 0 amide bonds. The van der Waals surface area contributed by atoms with Crippen molar-refractivity contribution in [3.63, 3.8) is 0 Å². The van der Waals surface area contributed by atoms with E-state index in [0.717, 1.165) is 5.56 Å². The summed E-state index contributed by atoms with van der Waals surface area (Å²) >= 11 is 0. The van der Waals surface area contributed by atoms with Gasteiger partial charge in [0, 0.05) is 10.7 Å². The van der Waals surface area contributed by atoms with Gasteiger partial charge in [-0.25, -0.2) is 8.42 Å². The zero-order chi connectivity index (χ0) is 13.3. The lowest BCUT2D eigenvalue weighted by atomic mass is 9.86. The molecule has 0 saturated heterocycles. The lowest BCUT2D eigenvalue weighted by molar-refractivity contribution is 0.589. The molecule has 0 bridgehead atoms. The maximum absolute atomic E-state index is 11.1. The minimum Gasteiger partial charge on any atom is -0.212 e. The number of hydrogen-bond donors (Lipinski definition) is 0. The molecule has 0 saturated carbocycles. The number of rotatable bonds is 3. The third-order valence-electron chi connectivity index (χ3n) is 2.82. The van der Waals surface area contributed by atoms with E-state index in [-0.39, 0.29) is 5.41 Å². The summed E-state index contributed by atoms with van der Waals surface area (Å²) in [6.45, 7) is 8.07. The molecule has 96 valence electrons. The Kier molecular flexibility index (Phi) is 4.26. The molecule has 0 aliphatic carbocycles. The molecule has 0 aliphatic heterocycles. The first-order valence-electron chi connectivity index (χ1n) is 5.63. The number of halogens is 1. The largest absolute Gasteiger partial charge is 0.235 e. The van der Waals surface area contributed by atoms with E-state index in [9.17, 15) is 8.42 Å². The van der Waals surface area contributed by atoms with Gasteiger partial charge in [-0.3, -0.25) is 0 Å². The smallest absolute Gasteiger partial charge is 0.212 e. The molecule has 1 rings (SSSR count). The minimum atomic E-state index is -3.47. The Balaban J connectivity index is 2.83. The second kappa shape index (κ2) is 4.99. The molecule has 0 fully saturated rings. The van der Waals surface area contributed by atoms with Crippen molar-refractivity contribution in [1.82, 2.24) is 0 Å². The van der Waals surface area contributed by atoms with Crippen LogP contribution < -0.4 is 0 Å². The molecule has 0 aliphatic rings. The minimum absolute atomic E-state index is 0.114. The van der Waals surface area contributed by atoms with Crippen LogP contribution in [0.5, 0.6) is 0 Å². The Labute approximate surface area is 108 Å². The Bertz CT molecular complexity index is 469. The van der Waals surface area contributed by atoms with Crippen LogP contribution in [0.3, 0.4) is 0 Å². The van der Waals surface area contributed by atoms with E-state index < -0.39 is 14.3 Å². The van der Waals surface area contributed by atoms with Gasteiger partial charge >= 0.3 is 0 Å². The average Bonchev–Trinajstić information content (AvgIpc) is 2.15. The third-order valence-corrected chi connectivity index (χ3v) is 4.86. The first-order chi connectivity index (χ1) is 7.60. The lowest BCUT2D eigenvalue weighted by Gasteiger charge is -2.19. The molecule has 1 unspecified atom stereocenters. The van der Waals surface area contributed by atoms with Gasteiger partial charge in [0.05, 0.1) is 5.25 Å². The predicted octanol–water partition coefficient (Wildman–Crippen LogP) is 3.48. The van der Waals surface area contributed by atoms with Gasteiger partial charge in [-0.15, -0.1) is 0 Å². The Hall–Kier alpha value is -0.540. The summed E-state index contributed by atoms with van der Waals surface area (Å²) in [5, 5.41) is -0.551. The molecular formula is C13H19ClO2S. The zero-order valence-corrected chi connectivity index (χ0v) is 12.3. The van der Waals surface area contributed by atoms with Gasteiger partial charge < -0.3 is 0 Å². The van der Waals surface area contributed by atoms with E-state index in [0.29, 0.717) is 6.42 Å². The maximum Gasteiger partial charge on any atom is 0.235 e. The van der Waals surface area contributed by atoms with E-state index in [1.165, 1.54) is 5.56 Å². The van der Waals surface area contributed by atoms with Gasteiger partial charge in [-0.1, -0.05) is 45.0 Å². The fraction of sp³-hybridized carbons (Fsp3) is 0.538. The SMILES string of the molecule is CC(Cc1ccc(C(C)(C)C)cc1)S(=O)(=O)Cl.